The van der Waals surface area contributed by atoms with Gasteiger partial charge in [0.2, 0.25) is 0 Å². The van der Waals surface area contributed by atoms with E-state index in [-0.39, 0.29) is 5.69 Å². The molecule has 0 aliphatic carbocycles. The molecule has 1 amide bonds. The lowest BCUT2D eigenvalue weighted by Crippen LogP contribution is -2.35. The maximum Gasteiger partial charge on any atom is 0.347 e. The molecule has 0 aliphatic rings. The van der Waals surface area contributed by atoms with Crippen LogP contribution >= 0.6 is 23.2 Å². The summed E-state index contributed by atoms with van der Waals surface area (Å²) < 4.78 is 10.7. The average Bonchev–Trinajstić information content (AvgIpc) is 2.58. The Labute approximate surface area is 162 Å². The number of para-hydroxylation sites is 1. The summed E-state index contributed by atoms with van der Waals surface area (Å²) in [6.07, 6.45) is -1.91. The number of ether oxygens (including phenoxy) is 2. The Balaban J connectivity index is 1.94. The first-order chi connectivity index (χ1) is 12.3. The second-order valence-corrected chi connectivity index (χ2v) is 6.56. The van der Waals surface area contributed by atoms with Crippen molar-refractivity contribution in [2.75, 3.05) is 5.32 Å². The molecule has 0 bridgehead atoms. The lowest BCUT2D eigenvalue weighted by molar-refractivity contribution is -0.159. The number of carbonyl (C=O) groups is 2. The average molecular weight is 396 g/mol. The van der Waals surface area contributed by atoms with E-state index in [1.807, 2.05) is 19.1 Å². The van der Waals surface area contributed by atoms with Crippen LogP contribution < -0.4 is 10.1 Å². The Morgan fingerprint density at radius 1 is 1.00 bits per heavy atom. The zero-order valence-electron chi connectivity index (χ0n) is 14.6. The minimum absolute atomic E-state index is 0.271. The number of nitrogens with one attached hydrogen (secondary N) is 1. The van der Waals surface area contributed by atoms with Crippen molar-refractivity contribution in [3.8, 4) is 5.75 Å². The Morgan fingerprint density at radius 3 is 2.23 bits per heavy atom. The number of aryl methyl sites for hydroxylation is 1. The number of rotatable bonds is 6. The van der Waals surface area contributed by atoms with Crippen LogP contribution in [0.1, 0.15) is 19.4 Å². The lowest BCUT2D eigenvalue weighted by atomic mass is 10.2. The molecule has 2 atom stereocenters. The predicted octanol–water partition coefficient (Wildman–Crippen LogP) is 4.64. The van der Waals surface area contributed by atoms with Gasteiger partial charge in [0.1, 0.15) is 5.75 Å². The van der Waals surface area contributed by atoms with Crippen LogP contribution in [-0.4, -0.2) is 24.1 Å². The second kappa shape index (κ2) is 8.92. The highest BCUT2D eigenvalue weighted by Gasteiger charge is 2.24. The largest absolute Gasteiger partial charge is 0.479 e. The van der Waals surface area contributed by atoms with Gasteiger partial charge in [-0.15, -0.1) is 0 Å². The Bertz CT molecular complexity index is 790. The van der Waals surface area contributed by atoms with Crippen LogP contribution in [0.5, 0.6) is 5.75 Å². The fourth-order valence-electron chi connectivity index (χ4n) is 2.11. The monoisotopic (exact) mass is 395 g/mol. The van der Waals surface area contributed by atoms with Crippen molar-refractivity contribution in [3.63, 3.8) is 0 Å². The summed E-state index contributed by atoms with van der Waals surface area (Å²) in [6, 6.07) is 12.1. The van der Waals surface area contributed by atoms with Crippen LogP contribution in [0.4, 0.5) is 5.69 Å². The van der Waals surface area contributed by atoms with Gasteiger partial charge in [-0.25, -0.2) is 4.79 Å². The van der Waals surface area contributed by atoms with Gasteiger partial charge >= 0.3 is 5.97 Å². The van der Waals surface area contributed by atoms with Gasteiger partial charge in [-0.05, 0) is 50.6 Å². The van der Waals surface area contributed by atoms with Crippen LogP contribution in [0.3, 0.4) is 0 Å². The van der Waals surface area contributed by atoms with Crippen molar-refractivity contribution in [2.45, 2.75) is 33.0 Å². The number of anilines is 1. The summed E-state index contributed by atoms with van der Waals surface area (Å²) in [4.78, 5) is 24.4. The zero-order valence-corrected chi connectivity index (χ0v) is 16.1. The van der Waals surface area contributed by atoms with E-state index in [1.165, 1.54) is 6.92 Å². The van der Waals surface area contributed by atoms with Crippen molar-refractivity contribution in [2.24, 2.45) is 0 Å². The highest BCUT2D eigenvalue weighted by molar-refractivity contribution is 6.39. The van der Waals surface area contributed by atoms with E-state index in [0.717, 1.165) is 5.56 Å². The molecular formula is C19H19Cl2NO4. The summed E-state index contributed by atoms with van der Waals surface area (Å²) in [7, 11) is 0. The Hall–Kier alpha value is -2.24. The van der Waals surface area contributed by atoms with Gasteiger partial charge in [-0.3, -0.25) is 4.79 Å². The van der Waals surface area contributed by atoms with Crippen LogP contribution in [0.25, 0.3) is 0 Å². The molecule has 0 aliphatic heterocycles. The SMILES string of the molecule is Cc1cccc(O[C@H](C)C(=O)O[C@H](C)C(=O)Nc2c(Cl)cccc2Cl)c1. The first-order valence-corrected chi connectivity index (χ1v) is 8.72. The number of hydrogen-bond donors (Lipinski definition) is 1. The van der Waals surface area contributed by atoms with E-state index in [4.69, 9.17) is 32.7 Å². The third-order valence-electron chi connectivity index (χ3n) is 3.51. The van der Waals surface area contributed by atoms with E-state index < -0.39 is 24.1 Å². The first-order valence-electron chi connectivity index (χ1n) is 7.96. The third-order valence-corrected chi connectivity index (χ3v) is 4.14. The molecule has 0 fully saturated rings. The minimum Gasteiger partial charge on any atom is -0.479 e. The summed E-state index contributed by atoms with van der Waals surface area (Å²) in [6.45, 7) is 4.93. The third kappa shape index (κ3) is 5.38. The summed E-state index contributed by atoms with van der Waals surface area (Å²) in [5.74, 6) is -0.648. The van der Waals surface area contributed by atoms with E-state index in [1.54, 1.807) is 37.3 Å². The summed E-state index contributed by atoms with van der Waals surface area (Å²) in [5.41, 5.74) is 1.28. The topological polar surface area (TPSA) is 64.6 Å². The molecule has 138 valence electrons. The quantitative estimate of drug-likeness (QED) is 0.723. The molecule has 0 spiro atoms. The van der Waals surface area contributed by atoms with Crippen molar-refractivity contribution in [1.29, 1.82) is 0 Å². The fourth-order valence-corrected chi connectivity index (χ4v) is 2.60. The van der Waals surface area contributed by atoms with E-state index >= 15 is 0 Å². The molecule has 26 heavy (non-hydrogen) atoms. The molecule has 5 nitrogen and oxygen atoms in total. The molecule has 0 heterocycles. The smallest absolute Gasteiger partial charge is 0.347 e. The fraction of sp³-hybridized carbons (Fsp3) is 0.263. The molecule has 0 saturated heterocycles. The standard InChI is InChI=1S/C19H19Cl2NO4/c1-11-6-4-7-14(10-11)25-13(3)19(24)26-12(2)18(23)22-17-15(20)8-5-9-16(17)21/h4-10,12-13H,1-3H3,(H,22,23)/t12-,13-/m1/s1. The maximum absolute atomic E-state index is 12.2. The van der Waals surface area contributed by atoms with Crippen LogP contribution in [0.2, 0.25) is 10.0 Å². The molecule has 0 unspecified atom stereocenters. The minimum atomic E-state index is -1.04. The van der Waals surface area contributed by atoms with Gasteiger partial charge in [0.15, 0.2) is 12.2 Å². The van der Waals surface area contributed by atoms with Gasteiger partial charge in [0, 0.05) is 0 Å². The van der Waals surface area contributed by atoms with Gasteiger partial charge in [-0.2, -0.15) is 0 Å². The van der Waals surface area contributed by atoms with Gasteiger partial charge in [-0.1, -0.05) is 41.4 Å². The molecule has 7 heteroatoms. The molecule has 2 aromatic carbocycles. The molecule has 0 aromatic heterocycles. The Morgan fingerprint density at radius 2 is 1.62 bits per heavy atom. The molecule has 2 rings (SSSR count). The number of carbonyl (C=O) groups excluding carboxylic acids is 2. The molecule has 0 saturated carbocycles. The van der Waals surface area contributed by atoms with E-state index in [9.17, 15) is 9.59 Å². The highest BCUT2D eigenvalue weighted by Crippen LogP contribution is 2.30. The van der Waals surface area contributed by atoms with Crippen LogP contribution in [0, 0.1) is 6.92 Å². The first kappa shape index (κ1) is 20.1. The van der Waals surface area contributed by atoms with Crippen molar-refractivity contribution in [1.82, 2.24) is 0 Å². The van der Waals surface area contributed by atoms with Crippen molar-refractivity contribution < 1.29 is 19.1 Å². The Kier molecular flexibility index (Phi) is 6.89. The number of hydrogen-bond acceptors (Lipinski definition) is 4. The van der Waals surface area contributed by atoms with Crippen LogP contribution in [-0.2, 0) is 14.3 Å². The second-order valence-electron chi connectivity index (χ2n) is 5.74. The summed E-state index contributed by atoms with van der Waals surface area (Å²) >= 11 is 12.0. The van der Waals surface area contributed by atoms with E-state index in [2.05, 4.69) is 5.32 Å². The number of halogens is 2. The van der Waals surface area contributed by atoms with Gasteiger partial charge < -0.3 is 14.8 Å². The predicted molar refractivity (Wildman–Crippen MR) is 102 cm³/mol. The number of benzene rings is 2. The van der Waals surface area contributed by atoms with Crippen molar-refractivity contribution >= 4 is 40.8 Å². The summed E-state index contributed by atoms with van der Waals surface area (Å²) in [5, 5.41) is 3.14. The zero-order chi connectivity index (χ0) is 19.3. The molecule has 2 aromatic rings. The number of esters is 1. The van der Waals surface area contributed by atoms with Crippen molar-refractivity contribution in [3.05, 3.63) is 58.1 Å². The highest BCUT2D eigenvalue weighted by atomic mass is 35.5. The molecule has 0 radical (unpaired) electrons. The molecular weight excluding hydrogens is 377 g/mol. The maximum atomic E-state index is 12.2. The van der Waals surface area contributed by atoms with Gasteiger partial charge in [0.05, 0.1) is 15.7 Å². The lowest BCUT2D eigenvalue weighted by Gasteiger charge is -2.18. The molecule has 1 N–H and O–H groups in total. The van der Waals surface area contributed by atoms with Crippen LogP contribution in [0.15, 0.2) is 42.5 Å². The van der Waals surface area contributed by atoms with Gasteiger partial charge in [0.25, 0.3) is 5.91 Å². The van der Waals surface area contributed by atoms with E-state index in [0.29, 0.717) is 15.8 Å². The normalized spacial score (nSPS) is 12.8. The number of amides is 1.